The van der Waals surface area contributed by atoms with Gasteiger partial charge in [-0.3, -0.25) is 0 Å². The van der Waals surface area contributed by atoms with Gasteiger partial charge in [-0.05, 0) is 33.6 Å². The van der Waals surface area contributed by atoms with E-state index in [1.807, 2.05) is 27.7 Å². The molecule has 0 N–H and O–H groups in total. The highest BCUT2D eigenvalue weighted by Crippen LogP contribution is 2.09. The fourth-order valence-corrected chi connectivity index (χ4v) is 1.01. The Morgan fingerprint density at radius 3 is 2.21 bits per heavy atom. The molecule has 0 aromatic rings. The van der Waals surface area contributed by atoms with Crippen molar-refractivity contribution in [3.63, 3.8) is 0 Å². The van der Waals surface area contributed by atoms with E-state index in [0.29, 0.717) is 0 Å². The number of ether oxygens (including phenoxy) is 1. The lowest BCUT2D eigenvalue weighted by Crippen LogP contribution is -2.22. The molecule has 3 nitrogen and oxygen atoms in total. The molecule has 0 saturated heterocycles. The third kappa shape index (κ3) is 6.63. The quantitative estimate of drug-likeness (QED) is 0.652. The van der Waals surface area contributed by atoms with Crippen molar-refractivity contribution in [3.05, 3.63) is 0 Å². The van der Waals surface area contributed by atoms with E-state index in [0.717, 1.165) is 25.0 Å². The number of carbonyl (C=O) groups is 1. The third-order valence-electron chi connectivity index (χ3n) is 1.59. The Morgan fingerprint density at radius 2 is 1.86 bits per heavy atom. The molecule has 0 aliphatic carbocycles. The molecule has 0 saturated carbocycles. The number of carbonyl (C=O) groups excluding carboxylic acids is 1. The number of hydrogen-bond donors (Lipinski definition) is 0. The van der Waals surface area contributed by atoms with E-state index in [9.17, 15) is 4.79 Å². The van der Waals surface area contributed by atoms with Crippen molar-refractivity contribution < 1.29 is 9.53 Å². The zero-order valence-electron chi connectivity index (χ0n) is 9.89. The van der Waals surface area contributed by atoms with Crippen LogP contribution in [0.1, 0.15) is 53.9 Å². The average molecular weight is 199 g/mol. The molecule has 3 heteroatoms. The van der Waals surface area contributed by atoms with Gasteiger partial charge in [0.2, 0.25) is 0 Å². The monoisotopic (exact) mass is 199 g/mol. The van der Waals surface area contributed by atoms with Crippen molar-refractivity contribution in [3.8, 4) is 0 Å². The Balaban J connectivity index is 4.25. The van der Waals surface area contributed by atoms with E-state index >= 15 is 0 Å². The first-order valence-electron chi connectivity index (χ1n) is 5.18. The van der Waals surface area contributed by atoms with Gasteiger partial charge in [0, 0.05) is 5.71 Å². The van der Waals surface area contributed by atoms with Gasteiger partial charge in [-0.1, -0.05) is 20.3 Å². The smallest absolute Gasteiger partial charge is 0.434 e. The summed E-state index contributed by atoms with van der Waals surface area (Å²) in [5, 5.41) is 0. The average Bonchev–Trinajstić information content (AvgIpc) is 2.00. The van der Waals surface area contributed by atoms with Gasteiger partial charge in [-0.25, -0.2) is 4.79 Å². The summed E-state index contributed by atoms with van der Waals surface area (Å²) in [7, 11) is 0. The molecule has 0 rings (SSSR count). The predicted octanol–water partition coefficient (Wildman–Crippen LogP) is 3.57. The Labute approximate surface area is 86.6 Å². The third-order valence-corrected chi connectivity index (χ3v) is 1.59. The number of rotatable bonds is 3. The Hall–Kier alpha value is -0.860. The van der Waals surface area contributed by atoms with Crippen molar-refractivity contribution >= 4 is 11.8 Å². The Morgan fingerprint density at radius 1 is 1.29 bits per heavy atom. The molecule has 82 valence electrons. The molecule has 0 spiro atoms. The Bertz CT molecular complexity index is 214. The van der Waals surface area contributed by atoms with Gasteiger partial charge in [-0.2, -0.15) is 4.99 Å². The van der Waals surface area contributed by atoms with Crippen LogP contribution < -0.4 is 0 Å². The van der Waals surface area contributed by atoms with Crippen LogP contribution in [-0.4, -0.2) is 17.4 Å². The maximum Gasteiger partial charge on any atom is 0.434 e. The number of nitrogens with zero attached hydrogens (tertiary/aromatic N) is 1. The molecule has 0 atom stereocenters. The molecule has 14 heavy (non-hydrogen) atoms. The normalized spacial score (nSPS) is 12.8. The fraction of sp³-hybridized carbons (Fsp3) is 0.818. The van der Waals surface area contributed by atoms with E-state index in [1.54, 1.807) is 0 Å². The fourth-order valence-electron chi connectivity index (χ4n) is 1.01. The molecule has 1 amide bonds. The predicted molar refractivity (Wildman–Crippen MR) is 58.9 cm³/mol. The maximum absolute atomic E-state index is 11.3. The van der Waals surface area contributed by atoms with Gasteiger partial charge in [0.05, 0.1) is 0 Å². The van der Waals surface area contributed by atoms with Gasteiger partial charge in [0.1, 0.15) is 5.60 Å². The van der Waals surface area contributed by atoms with Gasteiger partial charge in [0.25, 0.3) is 0 Å². The van der Waals surface area contributed by atoms with Crippen molar-refractivity contribution in [1.29, 1.82) is 0 Å². The first kappa shape index (κ1) is 13.1. The molecule has 0 radical (unpaired) electrons. The summed E-state index contributed by atoms with van der Waals surface area (Å²) >= 11 is 0. The van der Waals surface area contributed by atoms with Crippen LogP contribution in [0.5, 0.6) is 0 Å². The minimum atomic E-state index is -0.470. The van der Waals surface area contributed by atoms with Crippen molar-refractivity contribution in [1.82, 2.24) is 0 Å². The van der Waals surface area contributed by atoms with Gasteiger partial charge < -0.3 is 4.74 Å². The molecule has 0 aromatic carbocycles. The van der Waals surface area contributed by atoms with E-state index in [4.69, 9.17) is 4.74 Å². The minimum Gasteiger partial charge on any atom is -0.442 e. The molecule has 0 aromatic heterocycles. The first-order valence-corrected chi connectivity index (χ1v) is 5.18. The highest BCUT2D eigenvalue weighted by molar-refractivity contribution is 5.93. The summed E-state index contributed by atoms with van der Waals surface area (Å²) < 4.78 is 5.09. The number of aliphatic imine (C=N–C) groups is 1. The largest absolute Gasteiger partial charge is 0.442 e. The highest BCUT2D eigenvalue weighted by atomic mass is 16.6. The molecule has 0 aliphatic rings. The molecule has 0 heterocycles. The molecular formula is C11H21NO2. The lowest BCUT2D eigenvalue weighted by Gasteiger charge is -2.17. The number of hydrogen-bond acceptors (Lipinski definition) is 2. The SMILES string of the molecule is CCCC(CC)=NC(=O)OC(C)(C)C. The van der Waals surface area contributed by atoms with Crippen LogP contribution in [0, 0.1) is 0 Å². The molecule has 0 fully saturated rings. The van der Waals surface area contributed by atoms with Crippen LogP contribution in [0.15, 0.2) is 4.99 Å². The van der Waals surface area contributed by atoms with E-state index in [1.165, 1.54) is 0 Å². The van der Waals surface area contributed by atoms with Crippen molar-refractivity contribution in [2.45, 2.75) is 59.5 Å². The summed E-state index contributed by atoms with van der Waals surface area (Å²) in [5.41, 5.74) is 0.466. The summed E-state index contributed by atoms with van der Waals surface area (Å²) in [5.74, 6) is 0. The first-order chi connectivity index (χ1) is 6.39. The second-order valence-electron chi connectivity index (χ2n) is 4.26. The second-order valence-corrected chi connectivity index (χ2v) is 4.26. The summed E-state index contributed by atoms with van der Waals surface area (Å²) in [6.07, 6.45) is 2.22. The van der Waals surface area contributed by atoms with Crippen LogP contribution in [0.3, 0.4) is 0 Å². The zero-order valence-corrected chi connectivity index (χ0v) is 9.89. The Kier molecular flexibility index (Phi) is 5.43. The summed E-state index contributed by atoms with van der Waals surface area (Å²) in [4.78, 5) is 15.2. The van der Waals surface area contributed by atoms with Crippen LogP contribution in [0.4, 0.5) is 4.79 Å². The van der Waals surface area contributed by atoms with Crippen LogP contribution in [0.2, 0.25) is 0 Å². The van der Waals surface area contributed by atoms with Crippen molar-refractivity contribution in [2.24, 2.45) is 4.99 Å². The summed E-state index contributed by atoms with van der Waals surface area (Å²) in [6, 6.07) is 0. The number of amides is 1. The molecular weight excluding hydrogens is 178 g/mol. The van der Waals surface area contributed by atoms with E-state index in [-0.39, 0.29) is 0 Å². The lowest BCUT2D eigenvalue weighted by atomic mass is 10.2. The lowest BCUT2D eigenvalue weighted by molar-refractivity contribution is 0.0603. The minimum absolute atomic E-state index is 0.453. The zero-order chi connectivity index (χ0) is 11.2. The van der Waals surface area contributed by atoms with Crippen molar-refractivity contribution in [2.75, 3.05) is 0 Å². The van der Waals surface area contributed by atoms with Gasteiger partial charge in [-0.15, -0.1) is 0 Å². The second kappa shape index (κ2) is 5.78. The molecule has 0 bridgehead atoms. The van der Waals surface area contributed by atoms with E-state index < -0.39 is 11.7 Å². The molecule has 0 aliphatic heterocycles. The maximum atomic E-state index is 11.3. The highest BCUT2D eigenvalue weighted by Gasteiger charge is 2.15. The standard InChI is InChI=1S/C11H21NO2/c1-6-8-9(7-2)12-10(13)14-11(3,4)5/h6-8H2,1-5H3. The van der Waals surface area contributed by atoms with Gasteiger partial charge in [0.15, 0.2) is 0 Å². The van der Waals surface area contributed by atoms with E-state index in [2.05, 4.69) is 11.9 Å². The topological polar surface area (TPSA) is 38.7 Å². The van der Waals surface area contributed by atoms with Crippen LogP contribution in [-0.2, 0) is 4.74 Å². The van der Waals surface area contributed by atoms with Crippen LogP contribution >= 0.6 is 0 Å². The van der Waals surface area contributed by atoms with Crippen LogP contribution in [0.25, 0.3) is 0 Å². The summed E-state index contributed by atoms with van der Waals surface area (Å²) in [6.45, 7) is 9.59. The molecule has 0 unspecified atom stereocenters. The van der Waals surface area contributed by atoms with Gasteiger partial charge >= 0.3 is 6.09 Å².